The average molecular weight is 422 g/mol. The fourth-order valence-electron chi connectivity index (χ4n) is 3.66. The number of hydrogen-bond donors (Lipinski definition) is 1. The van der Waals surface area contributed by atoms with Gasteiger partial charge in [-0.1, -0.05) is 0 Å². The molecule has 4 rings (SSSR count). The lowest BCUT2D eigenvalue weighted by Gasteiger charge is -2.30. The lowest BCUT2D eigenvalue weighted by Crippen LogP contribution is -2.28. The van der Waals surface area contributed by atoms with Crippen molar-refractivity contribution >= 4 is 6.08 Å². The molecule has 0 atom stereocenters. The molecule has 1 aliphatic heterocycles. The third-order valence-corrected chi connectivity index (χ3v) is 5.22. The zero-order valence-electron chi connectivity index (χ0n) is 18.5. The van der Waals surface area contributed by atoms with Gasteiger partial charge in [0.15, 0.2) is 11.5 Å². The molecule has 0 radical (unpaired) electrons. The monoisotopic (exact) mass is 422 g/mol. The minimum absolute atomic E-state index is 0.423. The Morgan fingerprint density at radius 1 is 0.871 bits per heavy atom. The summed E-state index contributed by atoms with van der Waals surface area (Å²) < 4.78 is 28.2. The molecule has 1 N–H and O–H groups in total. The third-order valence-electron chi connectivity index (χ3n) is 5.22. The summed E-state index contributed by atoms with van der Waals surface area (Å²) in [5.41, 5.74) is 3.79. The standard InChI is InChI=1S/C24H26N2O5/c1-24(2)10-9-16-19(27-3)8-7-15(22(16)31-24)18-13-17(25-26-18)14-11-20(28-4)23(30-6)21(12-14)29-5/h7-13H,1-6H3,(H,25,26). The number of benzene rings is 2. The number of ether oxygens (including phenoxy) is 5. The molecule has 31 heavy (non-hydrogen) atoms. The van der Waals surface area contributed by atoms with E-state index in [-0.39, 0.29) is 0 Å². The zero-order chi connectivity index (χ0) is 22.2. The molecule has 162 valence electrons. The number of fused-ring (bicyclic) bond motifs is 1. The highest BCUT2D eigenvalue weighted by molar-refractivity contribution is 5.81. The van der Waals surface area contributed by atoms with E-state index in [4.69, 9.17) is 23.7 Å². The van der Waals surface area contributed by atoms with Crippen LogP contribution in [-0.2, 0) is 0 Å². The Morgan fingerprint density at radius 2 is 1.55 bits per heavy atom. The Labute approximate surface area is 181 Å². The van der Waals surface area contributed by atoms with Crippen molar-refractivity contribution in [3.05, 3.63) is 42.0 Å². The van der Waals surface area contributed by atoms with E-state index >= 15 is 0 Å². The third kappa shape index (κ3) is 3.67. The molecule has 0 saturated carbocycles. The minimum atomic E-state index is -0.423. The highest BCUT2D eigenvalue weighted by Gasteiger charge is 2.27. The molecular weight excluding hydrogens is 396 g/mol. The van der Waals surface area contributed by atoms with Crippen molar-refractivity contribution in [2.24, 2.45) is 0 Å². The van der Waals surface area contributed by atoms with E-state index in [0.717, 1.165) is 39.6 Å². The van der Waals surface area contributed by atoms with Crippen LogP contribution in [0.15, 0.2) is 36.4 Å². The second kappa shape index (κ2) is 7.91. The second-order valence-corrected chi connectivity index (χ2v) is 7.68. The smallest absolute Gasteiger partial charge is 0.203 e. The number of methoxy groups -OCH3 is 4. The quantitative estimate of drug-likeness (QED) is 0.605. The van der Waals surface area contributed by atoms with Crippen molar-refractivity contribution in [3.8, 4) is 51.3 Å². The van der Waals surface area contributed by atoms with Crippen LogP contribution in [-0.4, -0.2) is 44.2 Å². The predicted octanol–water partition coefficient (Wildman–Crippen LogP) is 4.96. The van der Waals surface area contributed by atoms with Gasteiger partial charge in [-0.3, -0.25) is 5.10 Å². The SMILES string of the molecule is COc1ccc(-c2cc(-c3cc(OC)c(OC)c(OC)c3)n[nH]2)c2c1C=CC(C)(C)O2. The van der Waals surface area contributed by atoms with Gasteiger partial charge in [0.2, 0.25) is 5.75 Å². The first-order valence-electron chi connectivity index (χ1n) is 9.86. The van der Waals surface area contributed by atoms with E-state index < -0.39 is 5.60 Å². The average Bonchev–Trinajstić information content (AvgIpc) is 3.26. The van der Waals surface area contributed by atoms with Gasteiger partial charge in [-0.15, -0.1) is 0 Å². The Balaban J connectivity index is 1.80. The molecule has 3 aromatic rings. The van der Waals surface area contributed by atoms with E-state index in [2.05, 4.69) is 10.2 Å². The molecule has 0 fully saturated rings. The topological polar surface area (TPSA) is 74.8 Å². The fraction of sp³-hybridized carbons (Fsp3) is 0.292. The number of nitrogens with zero attached hydrogens (tertiary/aromatic N) is 1. The van der Waals surface area contributed by atoms with E-state index in [9.17, 15) is 0 Å². The minimum Gasteiger partial charge on any atom is -0.496 e. The molecule has 0 unspecified atom stereocenters. The molecule has 0 amide bonds. The van der Waals surface area contributed by atoms with Crippen molar-refractivity contribution < 1.29 is 23.7 Å². The summed E-state index contributed by atoms with van der Waals surface area (Å²) in [5.74, 6) is 3.19. The van der Waals surface area contributed by atoms with Gasteiger partial charge in [-0.05, 0) is 56.3 Å². The number of hydrogen-bond acceptors (Lipinski definition) is 6. The van der Waals surface area contributed by atoms with Crippen LogP contribution in [0.3, 0.4) is 0 Å². The van der Waals surface area contributed by atoms with Gasteiger partial charge in [0, 0.05) is 11.1 Å². The molecule has 0 spiro atoms. The molecule has 2 aromatic carbocycles. The predicted molar refractivity (Wildman–Crippen MR) is 119 cm³/mol. The van der Waals surface area contributed by atoms with Gasteiger partial charge in [-0.2, -0.15) is 5.10 Å². The van der Waals surface area contributed by atoms with Crippen molar-refractivity contribution in [2.75, 3.05) is 28.4 Å². The van der Waals surface area contributed by atoms with Gasteiger partial charge in [0.25, 0.3) is 0 Å². The summed E-state index contributed by atoms with van der Waals surface area (Å²) in [6.07, 6.45) is 4.06. The van der Waals surface area contributed by atoms with E-state index in [0.29, 0.717) is 17.2 Å². The van der Waals surface area contributed by atoms with E-state index in [1.165, 1.54) is 0 Å². The van der Waals surface area contributed by atoms with Crippen LogP contribution in [0.2, 0.25) is 0 Å². The van der Waals surface area contributed by atoms with Gasteiger partial charge in [0.1, 0.15) is 17.1 Å². The van der Waals surface area contributed by atoms with Gasteiger partial charge < -0.3 is 23.7 Å². The molecular formula is C24H26N2O5. The Morgan fingerprint density at radius 3 is 2.16 bits per heavy atom. The number of aromatic amines is 1. The van der Waals surface area contributed by atoms with Crippen molar-refractivity contribution in [3.63, 3.8) is 0 Å². The molecule has 7 nitrogen and oxygen atoms in total. The van der Waals surface area contributed by atoms with Crippen molar-refractivity contribution in [1.82, 2.24) is 10.2 Å². The number of aromatic nitrogens is 2. The molecule has 0 saturated heterocycles. The first kappa shape index (κ1) is 20.7. The van der Waals surface area contributed by atoms with Crippen LogP contribution in [0.5, 0.6) is 28.7 Å². The van der Waals surface area contributed by atoms with E-state index in [1.54, 1.807) is 28.4 Å². The zero-order valence-corrected chi connectivity index (χ0v) is 18.5. The Bertz CT molecular complexity index is 1120. The Kier molecular flexibility index (Phi) is 5.27. The molecule has 1 aromatic heterocycles. The van der Waals surface area contributed by atoms with Crippen LogP contribution in [0.4, 0.5) is 0 Å². The summed E-state index contributed by atoms with van der Waals surface area (Å²) in [6.45, 7) is 4.04. The summed E-state index contributed by atoms with van der Waals surface area (Å²) in [5, 5.41) is 7.65. The van der Waals surface area contributed by atoms with E-state index in [1.807, 2.05) is 56.3 Å². The van der Waals surface area contributed by atoms with Crippen LogP contribution in [0.25, 0.3) is 28.6 Å². The molecule has 0 aliphatic carbocycles. The van der Waals surface area contributed by atoms with Crippen LogP contribution < -0.4 is 23.7 Å². The first-order valence-corrected chi connectivity index (χ1v) is 9.86. The second-order valence-electron chi connectivity index (χ2n) is 7.68. The van der Waals surface area contributed by atoms with Gasteiger partial charge in [-0.25, -0.2) is 0 Å². The maximum Gasteiger partial charge on any atom is 0.203 e. The summed E-state index contributed by atoms with van der Waals surface area (Å²) in [4.78, 5) is 0. The molecule has 2 heterocycles. The molecule has 7 heteroatoms. The summed E-state index contributed by atoms with van der Waals surface area (Å²) >= 11 is 0. The summed E-state index contributed by atoms with van der Waals surface area (Å²) in [7, 11) is 6.41. The first-order chi connectivity index (χ1) is 14.9. The number of H-pyrrole nitrogens is 1. The number of rotatable bonds is 6. The van der Waals surface area contributed by atoms with Crippen LogP contribution in [0, 0.1) is 0 Å². The van der Waals surface area contributed by atoms with Gasteiger partial charge >= 0.3 is 0 Å². The lowest BCUT2D eigenvalue weighted by molar-refractivity contribution is 0.159. The van der Waals surface area contributed by atoms with Crippen molar-refractivity contribution in [1.29, 1.82) is 0 Å². The highest BCUT2D eigenvalue weighted by Crippen LogP contribution is 2.45. The maximum absolute atomic E-state index is 6.29. The normalized spacial score (nSPS) is 13.9. The van der Waals surface area contributed by atoms with Gasteiger partial charge in [0.05, 0.1) is 45.4 Å². The molecule has 0 bridgehead atoms. The lowest BCUT2D eigenvalue weighted by atomic mass is 9.97. The summed E-state index contributed by atoms with van der Waals surface area (Å²) in [6, 6.07) is 9.61. The largest absolute Gasteiger partial charge is 0.496 e. The number of nitrogens with one attached hydrogen (secondary N) is 1. The van der Waals surface area contributed by atoms with Crippen LogP contribution >= 0.6 is 0 Å². The fourth-order valence-corrected chi connectivity index (χ4v) is 3.66. The van der Waals surface area contributed by atoms with Crippen LogP contribution in [0.1, 0.15) is 19.4 Å². The highest BCUT2D eigenvalue weighted by atomic mass is 16.5. The maximum atomic E-state index is 6.29. The van der Waals surface area contributed by atoms with Crippen molar-refractivity contribution in [2.45, 2.75) is 19.4 Å². The Hall–Kier alpha value is -3.61. The molecule has 1 aliphatic rings.